The van der Waals surface area contributed by atoms with E-state index < -0.39 is 0 Å². The molecule has 1 atom stereocenters. The standard InChI is InChI=1S/C16H17N3O/c1-9-17-8-15(18-9)11-4-5-14-12(6-11)7-13(10-2-3-10)16(20)19-14/h4-6,8,10,13H,2-3,7H2,1H3,(H,17,18)(H,19,20). The Morgan fingerprint density at radius 1 is 1.30 bits per heavy atom. The summed E-state index contributed by atoms with van der Waals surface area (Å²) in [6, 6.07) is 6.21. The minimum absolute atomic E-state index is 0.168. The van der Waals surface area contributed by atoms with Gasteiger partial charge in [0.05, 0.1) is 11.9 Å². The van der Waals surface area contributed by atoms with Gasteiger partial charge in [-0.1, -0.05) is 6.07 Å². The highest BCUT2D eigenvalue weighted by Crippen LogP contribution is 2.42. The van der Waals surface area contributed by atoms with Crippen LogP contribution in [0.3, 0.4) is 0 Å². The molecule has 4 nitrogen and oxygen atoms in total. The van der Waals surface area contributed by atoms with Gasteiger partial charge >= 0.3 is 0 Å². The van der Waals surface area contributed by atoms with Gasteiger partial charge in [0.15, 0.2) is 0 Å². The second-order valence-electron chi connectivity index (χ2n) is 5.89. The zero-order valence-electron chi connectivity index (χ0n) is 11.4. The SMILES string of the molecule is Cc1ncc(-c2ccc3c(c2)CC(C2CC2)C(=O)N3)[nH]1. The molecule has 1 saturated carbocycles. The smallest absolute Gasteiger partial charge is 0.228 e. The molecule has 1 aliphatic carbocycles. The van der Waals surface area contributed by atoms with Crippen LogP contribution in [0, 0.1) is 18.8 Å². The molecule has 1 aromatic heterocycles. The van der Waals surface area contributed by atoms with Crippen LogP contribution in [-0.4, -0.2) is 15.9 Å². The molecule has 1 unspecified atom stereocenters. The molecule has 2 heterocycles. The van der Waals surface area contributed by atoms with Gasteiger partial charge in [-0.25, -0.2) is 4.98 Å². The summed E-state index contributed by atoms with van der Waals surface area (Å²) >= 11 is 0. The summed E-state index contributed by atoms with van der Waals surface area (Å²) in [6.07, 6.45) is 5.13. The number of H-pyrrole nitrogens is 1. The molecule has 0 radical (unpaired) electrons. The average Bonchev–Trinajstić information content (AvgIpc) is 3.19. The van der Waals surface area contributed by atoms with Gasteiger partial charge in [0, 0.05) is 11.6 Å². The van der Waals surface area contributed by atoms with E-state index in [2.05, 4.69) is 21.4 Å². The zero-order chi connectivity index (χ0) is 13.7. The van der Waals surface area contributed by atoms with E-state index in [1.807, 2.05) is 25.3 Å². The van der Waals surface area contributed by atoms with Gasteiger partial charge in [-0.05, 0) is 55.4 Å². The van der Waals surface area contributed by atoms with Crippen molar-refractivity contribution in [1.82, 2.24) is 9.97 Å². The summed E-state index contributed by atoms with van der Waals surface area (Å²) in [5.41, 5.74) is 4.37. The fourth-order valence-corrected chi connectivity index (χ4v) is 3.05. The van der Waals surface area contributed by atoms with Gasteiger partial charge < -0.3 is 10.3 Å². The maximum absolute atomic E-state index is 12.1. The molecule has 4 rings (SSSR count). The largest absolute Gasteiger partial charge is 0.342 e. The summed E-state index contributed by atoms with van der Waals surface area (Å²) in [5.74, 6) is 1.88. The van der Waals surface area contributed by atoms with E-state index in [1.54, 1.807) is 0 Å². The second-order valence-corrected chi connectivity index (χ2v) is 5.89. The van der Waals surface area contributed by atoms with Crippen LogP contribution in [-0.2, 0) is 11.2 Å². The van der Waals surface area contributed by atoms with Gasteiger partial charge in [0.25, 0.3) is 0 Å². The van der Waals surface area contributed by atoms with Crippen molar-refractivity contribution in [2.75, 3.05) is 5.32 Å². The number of fused-ring (bicyclic) bond motifs is 1. The molecule has 2 aromatic rings. The minimum atomic E-state index is 0.168. The number of amides is 1. The number of carbonyl (C=O) groups is 1. The van der Waals surface area contributed by atoms with Gasteiger partial charge in [0.2, 0.25) is 5.91 Å². The highest BCUT2D eigenvalue weighted by atomic mass is 16.2. The fourth-order valence-electron chi connectivity index (χ4n) is 3.05. The van der Waals surface area contributed by atoms with E-state index in [4.69, 9.17) is 0 Å². The lowest BCUT2D eigenvalue weighted by molar-refractivity contribution is -0.120. The van der Waals surface area contributed by atoms with Crippen LogP contribution in [0.25, 0.3) is 11.3 Å². The van der Waals surface area contributed by atoms with Crippen LogP contribution in [0.15, 0.2) is 24.4 Å². The van der Waals surface area contributed by atoms with Crippen molar-refractivity contribution < 1.29 is 4.79 Å². The van der Waals surface area contributed by atoms with Crippen molar-refractivity contribution >= 4 is 11.6 Å². The molecule has 0 saturated heterocycles. The van der Waals surface area contributed by atoms with Crippen LogP contribution in [0.2, 0.25) is 0 Å². The Hall–Kier alpha value is -2.10. The number of anilines is 1. The molecule has 2 N–H and O–H groups in total. The van der Waals surface area contributed by atoms with Crippen molar-refractivity contribution in [3.63, 3.8) is 0 Å². The predicted molar refractivity (Wildman–Crippen MR) is 77.3 cm³/mol. The normalized spacial score (nSPS) is 21.4. The van der Waals surface area contributed by atoms with Crippen molar-refractivity contribution in [1.29, 1.82) is 0 Å². The van der Waals surface area contributed by atoms with Gasteiger partial charge in [-0.2, -0.15) is 0 Å². The van der Waals surface area contributed by atoms with E-state index in [1.165, 1.54) is 18.4 Å². The number of aromatic amines is 1. The monoisotopic (exact) mass is 267 g/mol. The molecule has 4 heteroatoms. The lowest BCUT2D eigenvalue weighted by Gasteiger charge is -2.25. The van der Waals surface area contributed by atoms with Crippen molar-refractivity contribution in [3.8, 4) is 11.3 Å². The summed E-state index contributed by atoms with van der Waals surface area (Å²) in [4.78, 5) is 19.6. The summed E-state index contributed by atoms with van der Waals surface area (Å²) in [6.45, 7) is 1.95. The van der Waals surface area contributed by atoms with Crippen LogP contribution in [0.1, 0.15) is 24.2 Å². The maximum Gasteiger partial charge on any atom is 0.228 e. The third kappa shape index (κ3) is 1.92. The number of aryl methyl sites for hydroxylation is 1. The number of carbonyl (C=O) groups excluding carboxylic acids is 1. The molecule has 20 heavy (non-hydrogen) atoms. The quantitative estimate of drug-likeness (QED) is 0.879. The molecule has 1 aliphatic heterocycles. The number of imidazole rings is 1. The summed E-state index contributed by atoms with van der Waals surface area (Å²) < 4.78 is 0. The third-order valence-electron chi connectivity index (χ3n) is 4.34. The molecule has 1 amide bonds. The van der Waals surface area contributed by atoms with E-state index in [0.717, 1.165) is 29.2 Å². The molecule has 1 fully saturated rings. The van der Waals surface area contributed by atoms with E-state index >= 15 is 0 Å². The number of rotatable bonds is 2. The van der Waals surface area contributed by atoms with E-state index in [9.17, 15) is 4.79 Å². The topological polar surface area (TPSA) is 57.8 Å². The molecule has 0 spiro atoms. The molecular formula is C16H17N3O. The number of nitrogens with zero attached hydrogens (tertiary/aromatic N) is 1. The van der Waals surface area contributed by atoms with Crippen LogP contribution in [0.4, 0.5) is 5.69 Å². The Labute approximate surface area is 117 Å². The van der Waals surface area contributed by atoms with Gasteiger partial charge in [-0.15, -0.1) is 0 Å². The van der Waals surface area contributed by atoms with Crippen LogP contribution in [0.5, 0.6) is 0 Å². The number of benzene rings is 1. The van der Waals surface area contributed by atoms with Crippen molar-refractivity contribution in [3.05, 3.63) is 35.8 Å². The summed E-state index contributed by atoms with van der Waals surface area (Å²) in [5, 5.41) is 3.05. The molecular weight excluding hydrogens is 250 g/mol. The number of hydrogen-bond acceptors (Lipinski definition) is 2. The number of aromatic nitrogens is 2. The Morgan fingerprint density at radius 2 is 2.15 bits per heavy atom. The molecule has 102 valence electrons. The predicted octanol–water partition coefficient (Wildman–Crippen LogP) is 2.91. The Morgan fingerprint density at radius 3 is 2.85 bits per heavy atom. The second kappa shape index (κ2) is 4.20. The van der Waals surface area contributed by atoms with Crippen molar-refractivity contribution in [2.24, 2.45) is 11.8 Å². The third-order valence-corrected chi connectivity index (χ3v) is 4.34. The van der Waals surface area contributed by atoms with Gasteiger partial charge in [-0.3, -0.25) is 4.79 Å². The number of hydrogen-bond donors (Lipinski definition) is 2. The maximum atomic E-state index is 12.1. The molecule has 0 bridgehead atoms. The number of nitrogens with one attached hydrogen (secondary N) is 2. The van der Waals surface area contributed by atoms with Gasteiger partial charge in [0.1, 0.15) is 5.82 Å². The first kappa shape index (κ1) is 11.7. The van der Waals surface area contributed by atoms with E-state index in [-0.39, 0.29) is 11.8 Å². The van der Waals surface area contributed by atoms with Crippen LogP contribution >= 0.6 is 0 Å². The lowest BCUT2D eigenvalue weighted by Crippen LogP contribution is -2.31. The first-order chi connectivity index (χ1) is 9.70. The molecule has 2 aliphatic rings. The highest BCUT2D eigenvalue weighted by Gasteiger charge is 2.38. The summed E-state index contributed by atoms with van der Waals surface area (Å²) in [7, 11) is 0. The lowest BCUT2D eigenvalue weighted by atomic mass is 9.88. The Balaban J connectivity index is 1.70. The highest BCUT2D eigenvalue weighted by molar-refractivity contribution is 5.96. The van der Waals surface area contributed by atoms with Crippen molar-refractivity contribution in [2.45, 2.75) is 26.2 Å². The van der Waals surface area contributed by atoms with E-state index in [0.29, 0.717) is 5.92 Å². The van der Waals surface area contributed by atoms with Crippen LogP contribution < -0.4 is 5.32 Å². The first-order valence-electron chi connectivity index (χ1n) is 7.16. The molecule has 1 aromatic carbocycles. The minimum Gasteiger partial charge on any atom is -0.342 e. The Kier molecular flexibility index (Phi) is 2.46. The first-order valence-corrected chi connectivity index (χ1v) is 7.16. The zero-order valence-corrected chi connectivity index (χ0v) is 11.4. The average molecular weight is 267 g/mol. The Bertz CT molecular complexity index is 685. The fraction of sp³-hybridized carbons (Fsp3) is 0.375.